The Morgan fingerprint density at radius 3 is 2.30 bits per heavy atom. The molecule has 1 aliphatic rings. The molecule has 6 nitrogen and oxygen atoms in total. The first-order valence-electron chi connectivity index (χ1n) is 11.2. The summed E-state index contributed by atoms with van der Waals surface area (Å²) in [4.78, 5) is 27.5. The number of ether oxygens (including phenoxy) is 2. The van der Waals surface area contributed by atoms with E-state index in [0.29, 0.717) is 0 Å². The van der Waals surface area contributed by atoms with Gasteiger partial charge in [0.15, 0.2) is 5.78 Å². The third-order valence-electron chi connectivity index (χ3n) is 5.42. The highest BCUT2D eigenvalue weighted by Gasteiger charge is 2.50. The van der Waals surface area contributed by atoms with E-state index in [9.17, 15) is 9.59 Å². The fraction of sp³-hybridized carbons (Fsp3) is 0.407. The van der Waals surface area contributed by atoms with Crippen LogP contribution in [0.1, 0.15) is 51.8 Å². The van der Waals surface area contributed by atoms with E-state index in [-0.39, 0.29) is 12.2 Å². The second-order valence-electron chi connectivity index (χ2n) is 9.69. The third kappa shape index (κ3) is 6.23. The van der Waals surface area contributed by atoms with Crippen molar-refractivity contribution in [1.82, 2.24) is 4.90 Å². The molecule has 0 radical (unpaired) electrons. The molecule has 1 unspecified atom stereocenters. The van der Waals surface area contributed by atoms with Crippen LogP contribution in [0.3, 0.4) is 0 Å². The lowest BCUT2D eigenvalue weighted by molar-refractivity contribution is -0.114. The Balaban J connectivity index is 1.87. The smallest absolute Gasteiger partial charge is 0.413 e. The summed E-state index contributed by atoms with van der Waals surface area (Å²) in [6.07, 6.45) is 2.69. The van der Waals surface area contributed by atoms with E-state index in [1.807, 2.05) is 96.3 Å². The van der Waals surface area contributed by atoms with Crippen molar-refractivity contribution in [3.63, 3.8) is 0 Å². The summed E-state index contributed by atoms with van der Waals surface area (Å²) in [6.45, 7) is 9.17. The van der Waals surface area contributed by atoms with Crippen molar-refractivity contribution in [2.75, 3.05) is 12.4 Å². The molecule has 0 spiro atoms. The fourth-order valence-corrected chi connectivity index (χ4v) is 3.93. The summed E-state index contributed by atoms with van der Waals surface area (Å²) in [5.74, 6) is -0.0483. The minimum atomic E-state index is -0.913. The Kier molecular flexibility index (Phi) is 7.28. The number of carbonyl (C=O) groups excluding carboxylic acids is 2. The van der Waals surface area contributed by atoms with Crippen molar-refractivity contribution in [3.8, 4) is 0 Å². The van der Waals surface area contributed by atoms with Gasteiger partial charge in [0, 0.05) is 19.2 Å². The Hall–Kier alpha value is -3.12. The molecule has 2 atom stereocenters. The number of carbonyl (C=O) groups is 2. The van der Waals surface area contributed by atoms with E-state index in [1.165, 1.54) is 0 Å². The molecule has 176 valence electrons. The number of rotatable bonds is 6. The molecule has 6 heteroatoms. The first kappa shape index (κ1) is 24.5. The maximum Gasteiger partial charge on any atom is 0.413 e. The van der Waals surface area contributed by atoms with Gasteiger partial charge in [0.1, 0.15) is 17.4 Å². The lowest BCUT2D eigenvalue weighted by Gasteiger charge is -2.34. The van der Waals surface area contributed by atoms with Crippen LogP contribution < -0.4 is 5.32 Å². The summed E-state index contributed by atoms with van der Waals surface area (Å²) < 4.78 is 12.0. The minimum Gasteiger partial charge on any atom is -0.444 e. The number of hydrogen-bond acceptors (Lipinski definition) is 5. The van der Waals surface area contributed by atoms with Crippen molar-refractivity contribution >= 4 is 17.6 Å². The number of allylic oxidation sites excluding steroid dienone is 1. The monoisotopic (exact) mass is 450 g/mol. The predicted octanol–water partition coefficient (Wildman–Crippen LogP) is 5.51. The van der Waals surface area contributed by atoms with Crippen molar-refractivity contribution in [1.29, 1.82) is 0 Å². The van der Waals surface area contributed by atoms with Gasteiger partial charge in [-0.2, -0.15) is 0 Å². The van der Waals surface area contributed by atoms with Crippen molar-refractivity contribution in [2.24, 2.45) is 0 Å². The highest BCUT2D eigenvalue weighted by atomic mass is 16.6. The average Bonchev–Trinajstić information content (AvgIpc) is 3.02. The van der Waals surface area contributed by atoms with E-state index in [4.69, 9.17) is 9.47 Å². The van der Waals surface area contributed by atoms with Gasteiger partial charge in [0.2, 0.25) is 0 Å². The van der Waals surface area contributed by atoms with Gasteiger partial charge in [0.25, 0.3) is 0 Å². The van der Waals surface area contributed by atoms with Crippen molar-refractivity contribution < 1.29 is 19.1 Å². The summed E-state index contributed by atoms with van der Waals surface area (Å²) in [5.41, 5.74) is 1.29. The number of nitrogens with one attached hydrogen (secondary N) is 1. The van der Waals surface area contributed by atoms with Gasteiger partial charge in [-0.1, -0.05) is 48.5 Å². The van der Waals surface area contributed by atoms with E-state index in [1.54, 1.807) is 17.1 Å². The van der Waals surface area contributed by atoms with Crippen LogP contribution in [0.15, 0.2) is 66.7 Å². The van der Waals surface area contributed by atoms with E-state index < -0.39 is 29.6 Å². The molecule has 1 fully saturated rings. The molecule has 1 aliphatic heterocycles. The molecule has 2 aromatic carbocycles. The Bertz CT molecular complexity index is 991. The molecule has 0 aliphatic carbocycles. The van der Waals surface area contributed by atoms with Gasteiger partial charge >= 0.3 is 6.09 Å². The summed E-state index contributed by atoms with van der Waals surface area (Å²) in [5, 5.41) is 3.07. The molecular formula is C27H34N2O4. The van der Waals surface area contributed by atoms with Crippen LogP contribution in [-0.4, -0.2) is 41.2 Å². The quantitative estimate of drug-likeness (QED) is 0.588. The molecule has 0 saturated carbocycles. The maximum atomic E-state index is 13.2. The predicted molar refractivity (Wildman–Crippen MR) is 130 cm³/mol. The normalized spacial score (nSPS) is 20.1. The van der Waals surface area contributed by atoms with Gasteiger partial charge in [-0.3, -0.25) is 9.69 Å². The van der Waals surface area contributed by atoms with Gasteiger partial charge in [-0.25, -0.2) is 4.79 Å². The summed E-state index contributed by atoms with van der Waals surface area (Å²) in [6, 6.07) is 17.0. The van der Waals surface area contributed by atoms with E-state index in [0.717, 1.165) is 16.8 Å². The van der Waals surface area contributed by atoms with Crippen LogP contribution in [0.2, 0.25) is 0 Å². The zero-order valence-electron chi connectivity index (χ0n) is 20.3. The van der Waals surface area contributed by atoms with Crippen LogP contribution in [0.25, 0.3) is 0 Å². The molecule has 1 heterocycles. The second-order valence-corrected chi connectivity index (χ2v) is 9.69. The fourth-order valence-electron chi connectivity index (χ4n) is 3.93. The number of amides is 1. The van der Waals surface area contributed by atoms with Crippen LogP contribution in [0.4, 0.5) is 10.5 Å². The van der Waals surface area contributed by atoms with E-state index in [2.05, 4.69) is 5.32 Å². The first-order valence-corrected chi connectivity index (χ1v) is 11.2. The minimum absolute atomic E-state index is 0.0483. The van der Waals surface area contributed by atoms with E-state index >= 15 is 0 Å². The van der Waals surface area contributed by atoms with Gasteiger partial charge < -0.3 is 14.8 Å². The van der Waals surface area contributed by atoms with Crippen molar-refractivity contribution in [3.05, 3.63) is 77.9 Å². The highest BCUT2D eigenvalue weighted by Crippen LogP contribution is 2.42. The average molecular weight is 451 g/mol. The van der Waals surface area contributed by atoms with Crippen LogP contribution in [0.5, 0.6) is 0 Å². The largest absolute Gasteiger partial charge is 0.444 e. The molecule has 1 saturated heterocycles. The number of nitrogens with zero attached hydrogens (tertiary/aromatic N) is 1. The number of anilines is 1. The molecule has 3 rings (SSSR count). The first-order chi connectivity index (χ1) is 15.5. The lowest BCUT2D eigenvalue weighted by atomic mass is 10.0. The topological polar surface area (TPSA) is 67.9 Å². The van der Waals surface area contributed by atoms with Crippen LogP contribution in [-0.2, 0) is 20.7 Å². The molecule has 0 aromatic heterocycles. The zero-order chi connectivity index (χ0) is 24.2. The van der Waals surface area contributed by atoms with Gasteiger partial charge in [-0.05, 0) is 64.0 Å². The summed E-state index contributed by atoms with van der Waals surface area (Å²) >= 11 is 0. The molecule has 33 heavy (non-hydrogen) atoms. The molecule has 2 aromatic rings. The van der Waals surface area contributed by atoms with Gasteiger partial charge in [0.05, 0.1) is 6.04 Å². The number of benzene rings is 2. The Morgan fingerprint density at radius 1 is 1.09 bits per heavy atom. The van der Waals surface area contributed by atoms with Crippen LogP contribution >= 0.6 is 0 Å². The number of hydrogen-bond donors (Lipinski definition) is 1. The van der Waals surface area contributed by atoms with Gasteiger partial charge in [-0.15, -0.1) is 0 Å². The maximum absolute atomic E-state index is 13.2. The molecule has 1 amide bonds. The third-order valence-corrected chi connectivity index (χ3v) is 5.42. The summed E-state index contributed by atoms with van der Waals surface area (Å²) in [7, 11) is 1.85. The number of ketones is 1. The molecule has 1 N–H and O–H groups in total. The standard InChI is InChI=1S/C27H34N2O4/c1-26(2,3)33-25(31)29-23(24(32-27(29,4)5)20-10-8-7-9-11-20)17-16-22(30)18-19-12-14-21(28-6)15-13-19/h7-17,23-24,28H,18H2,1-6H3/b17-16+/t23?,24-/m1/s1. The molecule has 0 bridgehead atoms. The van der Waals surface area contributed by atoms with Crippen LogP contribution in [0, 0.1) is 0 Å². The Morgan fingerprint density at radius 2 is 1.73 bits per heavy atom. The lowest BCUT2D eigenvalue weighted by Crippen LogP contribution is -2.49. The molecular weight excluding hydrogens is 416 g/mol. The zero-order valence-corrected chi connectivity index (χ0v) is 20.3. The second kappa shape index (κ2) is 9.79. The highest BCUT2D eigenvalue weighted by molar-refractivity contribution is 5.91. The van der Waals surface area contributed by atoms with Crippen molar-refractivity contribution in [2.45, 2.75) is 64.5 Å². The Labute approximate surface area is 196 Å². The SMILES string of the molecule is CNc1ccc(CC(=O)/C=C/C2[C@@H](c3ccccc3)OC(C)(C)N2C(=O)OC(C)(C)C)cc1.